The van der Waals surface area contributed by atoms with Crippen molar-refractivity contribution in [2.75, 3.05) is 0 Å². The highest BCUT2D eigenvalue weighted by Gasteiger charge is 2.20. The largest absolute Gasteiger partial charge is 0.480 e. The van der Waals surface area contributed by atoms with Crippen LogP contribution in [-0.2, 0) is 4.79 Å². The topological polar surface area (TPSA) is 110 Å². The molecule has 0 bridgehead atoms. The molecule has 0 aliphatic carbocycles. The Morgan fingerprint density at radius 1 is 1.50 bits per heavy atom. The molecule has 1 aromatic rings. The molecular formula is C10H9FN2O5. The fourth-order valence-corrected chi connectivity index (χ4v) is 1.14. The van der Waals surface area contributed by atoms with Crippen LogP contribution in [0, 0.1) is 15.9 Å². The maximum atomic E-state index is 13.0. The number of carboxylic acids is 1. The monoisotopic (exact) mass is 256 g/mol. The zero-order valence-electron chi connectivity index (χ0n) is 9.21. The first kappa shape index (κ1) is 13.6. The first-order valence-corrected chi connectivity index (χ1v) is 4.80. The number of carboxylic acid groups (broad SMARTS) is 1. The van der Waals surface area contributed by atoms with Gasteiger partial charge in [0.1, 0.15) is 6.04 Å². The van der Waals surface area contributed by atoms with Crippen LogP contribution in [0.3, 0.4) is 0 Å². The molecule has 0 fully saturated rings. The van der Waals surface area contributed by atoms with Gasteiger partial charge in [-0.2, -0.15) is 4.39 Å². The molecular weight excluding hydrogens is 247 g/mol. The first-order valence-electron chi connectivity index (χ1n) is 4.80. The summed E-state index contributed by atoms with van der Waals surface area (Å²) >= 11 is 0. The van der Waals surface area contributed by atoms with Crippen LogP contribution in [0.5, 0.6) is 0 Å². The zero-order valence-corrected chi connectivity index (χ0v) is 9.21. The second kappa shape index (κ2) is 5.21. The number of carbonyl (C=O) groups excluding carboxylic acids is 1. The predicted molar refractivity (Wildman–Crippen MR) is 57.6 cm³/mol. The Bertz CT molecular complexity index is 517. The number of nitrogens with one attached hydrogen (secondary N) is 1. The number of nitro groups is 1. The van der Waals surface area contributed by atoms with E-state index in [4.69, 9.17) is 5.11 Å². The number of hydrogen-bond acceptors (Lipinski definition) is 4. The lowest BCUT2D eigenvalue weighted by Gasteiger charge is -2.08. The van der Waals surface area contributed by atoms with Crippen molar-refractivity contribution in [1.29, 1.82) is 0 Å². The van der Waals surface area contributed by atoms with E-state index in [1.807, 2.05) is 0 Å². The second-order valence-electron chi connectivity index (χ2n) is 3.46. The summed E-state index contributed by atoms with van der Waals surface area (Å²) < 4.78 is 13.0. The third-order valence-electron chi connectivity index (χ3n) is 2.12. The lowest BCUT2D eigenvalue weighted by molar-refractivity contribution is -0.387. The Morgan fingerprint density at radius 3 is 2.61 bits per heavy atom. The molecule has 0 radical (unpaired) electrons. The molecule has 96 valence electrons. The molecule has 8 heteroatoms. The van der Waals surface area contributed by atoms with Crippen LogP contribution < -0.4 is 5.32 Å². The minimum absolute atomic E-state index is 0.184. The number of nitro benzene ring substituents is 1. The van der Waals surface area contributed by atoms with E-state index in [2.05, 4.69) is 5.32 Å². The summed E-state index contributed by atoms with van der Waals surface area (Å²) in [5.41, 5.74) is -1.03. The number of rotatable bonds is 4. The highest BCUT2D eigenvalue weighted by molar-refractivity contribution is 5.97. The fraction of sp³-hybridized carbons (Fsp3) is 0.200. The zero-order chi connectivity index (χ0) is 13.9. The average molecular weight is 256 g/mol. The van der Waals surface area contributed by atoms with E-state index in [0.29, 0.717) is 0 Å². The molecule has 1 aromatic carbocycles. The molecule has 0 heterocycles. The maximum Gasteiger partial charge on any atom is 0.325 e. The van der Waals surface area contributed by atoms with Gasteiger partial charge in [0.2, 0.25) is 5.82 Å². The van der Waals surface area contributed by atoms with E-state index < -0.39 is 34.3 Å². The van der Waals surface area contributed by atoms with Crippen LogP contribution in [-0.4, -0.2) is 27.9 Å². The van der Waals surface area contributed by atoms with Crippen molar-refractivity contribution < 1.29 is 24.0 Å². The van der Waals surface area contributed by atoms with Gasteiger partial charge in [0.05, 0.1) is 4.92 Å². The maximum absolute atomic E-state index is 13.0. The van der Waals surface area contributed by atoms with Crippen LogP contribution in [0.15, 0.2) is 18.2 Å². The number of nitrogens with zero attached hydrogens (tertiary/aromatic N) is 1. The van der Waals surface area contributed by atoms with Crippen LogP contribution in [0.4, 0.5) is 10.1 Å². The van der Waals surface area contributed by atoms with Gasteiger partial charge in [-0.1, -0.05) is 0 Å². The van der Waals surface area contributed by atoms with Crippen LogP contribution in [0.25, 0.3) is 0 Å². The minimum Gasteiger partial charge on any atom is -0.480 e. The van der Waals surface area contributed by atoms with Gasteiger partial charge in [-0.3, -0.25) is 19.7 Å². The van der Waals surface area contributed by atoms with Crippen molar-refractivity contribution in [1.82, 2.24) is 5.32 Å². The molecule has 1 amide bonds. The summed E-state index contributed by atoms with van der Waals surface area (Å²) in [6.45, 7) is 1.23. The van der Waals surface area contributed by atoms with Crippen LogP contribution >= 0.6 is 0 Å². The minimum atomic E-state index is -1.25. The Morgan fingerprint density at radius 2 is 2.11 bits per heavy atom. The molecule has 18 heavy (non-hydrogen) atoms. The third kappa shape index (κ3) is 3.00. The van der Waals surface area contributed by atoms with Gasteiger partial charge in [-0.25, -0.2) is 0 Å². The van der Waals surface area contributed by atoms with E-state index in [1.165, 1.54) is 6.92 Å². The molecule has 0 spiro atoms. The first-order chi connectivity index (χ1) is 8.32. The summed E-state index contributed by atoms with van der Waals surface area (Å²) in [4.78, 5) is 31.5. The Hall–Kier alpha value is -2.51. The van der Waals surface area contributed by atoms with Gasteiger partial charge in [-0.15, -0.1) is 0 Å². The SMILES string of the molecule is CC(NC(=O)c1ccc(F)c([N+](=O)[O-])c1)C(=O)O. The van der Waals surface area contributed by atoms with Gasteiger partial charge in [-0.05, 0) is 19.1 Å². The summed E-state index contributed by atoms with van der Waals surface area (Å²) in [7, 11) is 0. The number of amides is 1. The summed E-state index contributed by atoms with van der Waals surface area (Å²) in [5, 5.41) is 21.1. The van der Waals surface area contributed by atoms with Crippen molar-refractivity contribution in [2.45, 2.75) is 13.0 Å². The predicted octanol–water partition coefficient (Wildman–Crippen LogP) is 0.937. The quantitative estimate of drug-likeness (QED) is 0.615. The van der Waals surface area contributed by atoms with Gasteiger partial charge in [0, 0.05) is 11.6 Å². The normalized spacial score (nSPS) is 11.7. The van der Waals surface area contributed by atoms with E-state index in [-0.39, 0.29) is 5.56 Å². The Labute approximate surface area is 100 Å². The number of aliphatic carboxylic acids is 1. The van der Waals surface area contributed by atoms with Crippen molar-refractivity contribution >= 4 is 17.6 Å². The van der Waals surface area contributed by atoms with Crippen LogP contribution in [0.2, 0.25) is 0 Å². The Balaban J connectivity index is 2.97. The van der Waals surface area contributed by atoms with E-state index >= 15 is 0 Å². The summed E-state index contributed by atoms with van der Waals surface area (Å²) in [5.74, 6) is -3.14. The third-order valence-corrected chi connectivity index (χ3v) is 2.12. The summed E-state index contributed by atoms with van der Waals surface area (Å²) in [6, 6.07) is 1.41. The van der Waals surface area contributed by atoms with Crippen molar-refractivity contribution in [3.63, 3.8) is 0 Å². The lowest BCUT2D eigenvalue weighted by atomic mass is 10.1. The molecule has 0 aliphatic heterocycles. The molecule has 0 saturated heterocycles. The van der Waals surface area contributed by atoms with Crippen molar-refractivity contribution in [3.05, 3.63) is 39.7 Å². The molecule has 7 nitrogen and oxygen atoms in total. The van der Waals surface area contributed by atoms with Crippen molar-refractivity contribution in [3.8, 4) is 0 Å². The van der Waals surface area contributed by atoms with E-state index in [1.54, 1.807) is 0 Å². The second-order valence-corrected chi connectivity index (χ2v) is 3.46. The van der Waals surface area contributed by atoms with E-state index in [9.17, 15) is 24.1 Å². The van der Waals surface area contributed by atoms with Crippen molar-refractivity contribution in [2.24, 2.45) is 0 Å². The molecule has 1 atom stereocenters. The molecule has 0 saturated carbocycles. The standard InChI is InChI=1S/C10H9FN2O5/c1-5(10(15)16)12-9(14)6-2-3-7(11)8(4-6)13(17)18/h2-5H,1H3,(H,12,14)(H,15,16). The molecule has 0 aliphatic rings. The Kier molecular flexibility index (Phi) is 3.93. The molecule has 0 aromatic heterocycles. The van der Waals surface area contributed by atoms with Gasteiger partial charge >= 0.3 is 11.7 Å². The van der Waals surface area contributed by atoms with Gasteiger partial charge in [0.15, 0.2) is 0 Å². The van der Waals surface area contributed by atoms with Crippen LogP contribution in [0.1, 0.15) is 17.3 Å². The number of carbonyl (C=O) groups is 2. The average Bonchev–Trinajstić information content (AvgIpc) is 2.28. The lowest BCUT2D eigenvalue weighted by Crippen LogP contribution is -2.38. The molecule has 1 rings (SSSR count). The summed E-state index contributed by atoms with van der Waals surface area (Å²) in [6.07, 6.45) is 0. The molecule has 2 N–H and O–H groups in total. The highest BCUT2D eigenvalue weighted by atomic mass is 19.1. The number of hydrogen-bond donors (Lipinski definition) is 2. The fourth-order valence-electron chi connectivity index (χ4n) is 1.14. The van der Waals surface area contributed by atoms with Gasteiger partial charge < -0.3 is 10.4 Å². The number of halogens is 1. The smallest absolute Gasteiger partial charge is 0.325 e. The number of benzene rings is 1. The molecule has 1 unspecified atom stereocenters. The van der Waals surface area contributed by atoms with Gasteiger partial charge in [0.25, 0.3) is 5.91 Å². The van der Waals surface area contributed by atoms with E-state index in [0.717, 1.165) is 18.2 Å². The highest BCUT2D eigenvalue weighted by Crippen LogP contribution is 2.18.